The maximum Gasteiger partial charge on any atom is 0.410 e. The van der Waals surface area contributed by atoms with Crippen LogP contribution in [0.2, 0.25) is 0 Å². The summed E-state index contributed by atoms with van der Waals surface area (Å²) >= 11 is 0. The Morgan fingerprint density at radius 3 is 2.66 bits per heavy atom. The van der Waals surface area contributed by atoms with Gasteiger partial charge in [-0.1, -0.05) is 12.5 Å². The lowest BCUT2D eigenvalue weighted by molar-refractivity contribution is -0.151. The molecule has 1 aromatic heterocycles. The molecule has 2 aliphatic rings. The van der Waals surface area contributed by atoms with Crippen LogP contribution in [0.5, 0.6) is 0 Å². The fourth-order valence-corrected chi connectivity index (χ4v) is 4.21. The van der Waals surface area contributed by atoms with E-state index in [1.807, 2.05) is 12.3 Å². The highest BCUT2D eigenvalue weighted by molar-refractivity contribution is 5.81. The number of ether oxygens (including phenoxy) is 2. The normalized spacial score (nSPS) is 20.3. The number of hydrogen-bond donors (Lipinski definition) is 0. The third-order valence-electron chi connectivity index (χ3n) is 5.91. The predicted molar refractivity (Wildman–Crippen MR) is 110 cm³/mol. The Labute approximate surface area is 174 Å². The molecular formula is C23H34N2O4. The lowest BCUT2D eigenvalue weighted by Crippen LogP contribution is -2.49. The van der Waals surface area contributed by atoms with Crippen LogP contribution in [0.25, 0.3) is 0 Å². The van der Waals surface area contributed by atoms with Crippen LogP contribution < -0.4 is 0 Å². The van der Waals surface area contributed by atoms with Crippen molar-refractivity contribution in [3.63, 3.8) is 0 Å². The van der Waals surface area contributed by atoms with Crippen molar-refractivity contribution < 1.29 is 19.1 Å². The molecule has 1 saturated carbocycles. The number of hydrogen-bond acceptors (Lipinski definition) is 5. The van der Waals surface area contributed by atoms with E-state index in [4.69, 9.17) is 9.47 Å². The summed E-state index contributed by atoms with van der Waals surface area (Å²) in [6.45, 7) is 0.990. The molecule has 0 spiro atoms. The Morgan fingerprint density at radius 1 is 1.03 bits per heavy atom. The third kappa shape index (κ3) is 7.02. The molecule has 6 heteroatoms. The van der Waals surface area contributed by atoms with Crippen molar-refractivity contribution in [2.45, 2.75) is 89.2 Å². The van der Waals surface area contributed by atoms with E-state index in [2.05, 4.69) is 11.1 Å². The van der Waals surface area contributed by atoms with Gasteiger partial charge in [-0.2, -0.15) is 0 Å². The number of nitrogens with zero attached hydrogens (tertiary/aromatic N) is 2. The summed E-state index contributed by atoms with van der Waals surface area (Å²) in [4.78, 5) is 30.9. The first-order chi connectivity index (χ1) is 14.2. The van der Waals surface area contributed by atoms with Crippen LogP contribution in [-0.2, 0) is 20.7 Å². The Hall–Kier alpha value is -2.11. The van der Waals surface area contributed by atoms with Crippen LogP contribution in [0.1, 0.15) is 76.2 Å². The van der Waals surface area contributed by atoms with Gasteiger partial charge < -0.3 is 9.47 Å². The Morgan fingerprint density at radius 2 is 1.86 bits per heavy atom. The minimum Gasteiger partial charge on any atom is -0.464 e. The maximum absolute atomic E-state index is 12.6. The van der Waals surface area contributed by atoms with Crippen molar-refractivity contribution in [3.8, 4) is 0 Å². The van der Waals surface area contributed by atoms with Gasteiger partial charge in [0.05, 0.1) is 6.61 Å². The summed E-state index contributed by atoms with van der Waals surface area (Å²) in [6, 6.07) is 3.54. The molecule has 29 heavy (non-hydrogen) atoms. The van der Waals surface area contributed by atoms with Crippen molar-refractivity contribution in [2.75, 3.05) is 13.2 Å². The third-order valence-corrected chi connectivity index (χ3v) is 5.91. The molecule has 1 aliphatic carbocycles. The van der Waals surface area contributed by atoms with Crippen LogP contribution in [0.4, 0.5) is 4.79 Å². The van der Waals surface area contributed by atoms with E-state index >= 15 is 0 Å². The van der Waals surface area contributed by atoms with Crippen molar-refractivity contribution in [1.82, 2.24) is 9.88 Å². The quantitative estimate of drug-likeness (QED) is 0.467. The molecule has 0 radical (unpaired) electrons. The van der Waals surface area contributed by atoms with Crippen molar-refractivity contribution in [1.29, 1.82) is 0 Å². The van der Waals surface area contributed by atoms with E-state index in [9.17, 15) is 9.59 Å². The lowest BCUT2D eigenvalue weighted by Gasteiger charge is -2.34. The molecule has 1 atom stereocenters. The monoisotopic (exact) mass is 402 g/mol. The van der Waals surface area contributed by atoms with Crippen LogP contribution in [-0.4, -0.2) is 47.2 Å². The first-order valence-corrected chi connectivity index (χ1v) is 11.3. The number of unbranched alkanes of at least 4 members (excludes halogenated alkanes) is 2. The molecule has 0 N–H and O–H groups in total. The molecule has 3 rings (SSSR count). The zero-order valence-electron chi connectivity index (χ0n) is 17.4. The van der Waals surface area contributed by atoms with Crippen LogP contribution in [0.3, 0.4) is 0 Å². The molecule has 1 saturated heterocycles. The van der Waals surface area contributed by atoms with Gasteiger partial charge in [0.2, 0.25) is 0 Å². The van der Waals surface area contributed by atoms with Gasteiger partial charge in [-0.25, -0.2) is 9.59 Å². The molecule has 2 heterocycles. The number of rotatable bonds is 8. The zero-order valence-corrected chi connectivity index (χ0v) is 17.4. The van der Waals surface area contributed by atoms with Gasteiger partial charge in [-0.15, -0.1) is 0 Å². The van der Waals surface area contributed by atoms with E-state index in [1.165, 1.54) is 12.0 Å². The molecule has 0 bridgehead atoms. The first kappa shape index (κ1) is 21.6. The van der Waals surface area contributed by atoms with Gasteiger partial charge >= 0.3 is 12.1 Å². The molecule has 6 nitrogen and oxygen atoms in total. The van der Waals surface area contributed by atoms with E-state index in [1.54, 1.807) is 11.1 Å². The SMILES string of the molecule is O=C(OCCCCCc1cccnc1)C1CCCCN1C(=O)OC1CCCCC1. The second kappa shape index (κ2) is 11.8. The highest BCUT2D eigenvalue weighted by atomic mass is 16.6. The summed E-state index contributed by atoms with van der Waals surface area (Å²) in [7, 11) is 0. The standard InChI is InChI=1S/C23H34N2O4/c26-22(28-17-8-2-3-10-19-11-9-15-24-18-19)21-14-6-7-16-25(21)23(27)29-20-12-4-1-5-13-20/h9,11,15,18,20-21H,1-8,10,12-14,16-17H2. The van der Waals surface area contributed by atoms with E-state index in [0.29, 0.717) is 19.6 Å². The number of pyridine rings is 1. The fraction of sp³-hybridized carbons (Fsp3) is 0.696. The van der Waals surface area contributed by atoms with Crippen LogP contribution in [0, 0.1) is 0 Å². The summed E-state index contributed by atoms with van der Waals surface area (Å²) in [5.41, 5.74) is 1.24. The Bertz CT molecular complexity index is 631. The highest BCUT2D eigenvalue weighted by Gasteiger charge is 2.35. The molecule has 0 aromatic carbocycles. The highest BCUT2D eigenvalue weighted by Crippen LogP contribution is 2.24. The molecule has 2 fully saturated rings. The van der Waals surface area contributed by atoms with Gasteiger partial charge in [0.15, 0.2) is 0 Å². The summed E-state index contributed by atoms with van der Waals surface area (Å²) in [5, 5.41) is 0. The molecular weight excluding hydrogens is 368 g/mol. The van der Waals surface area contributed by atoms with Crippen molar-refractivity contribution >= 4 is 12.1 Å². The number of carbonyl (C=O) groups is 2. The van der Waals surface area contributed by atoms with Gasteiger partial charge in [0, 0.05) is 18.9 Å². The minimum atomic E-state index is -0.491. The molecule has 160 valence electrons. The summed E-state index contributed by atoms with van der Waals surface area (Å²) < 4.78 is 11.2. The number of carbonyl (C=O) groups excluding carboxylic acids is 2. The Balaban J connectivity index is 1.36. The number of piperidine rings is 1. The largest absolute Gasteiger partial charge is 0.464 e. The summed E-state index contributed by atoms with van der Waals surface area (Å²) in [5.74, 6) is -0.280. The number of amides is 1. The van der Waals surface area contributed by atoms with Crippen molar-refractivity contribution in [3.05, 3.63) is 30.1 Å². The minimum absolute atomic E-state index is 0.00895. The summed E-state index contributed by atoms with van der Waals surface area (Å²) in [6.07, 6.45) is 15.1. The number of aryl methyl sites for hydroxylation is 1. The van der Waals surface area contributed by atoms with E-state index < -0.39 is 6.04 Å². The molecule has 1 aromatic rings. The molecule has 1 aliphatic heterocycles. The van der Waals surface area contributed by atoms with E-state index in [0.717, 1.165) is 64.2 Å². The average molecular weight is 403 g/mol. The second-order valence-electron chi connectivity index (χ2n) is 8.19. The van der Waals surface area contributed by atoms with Gasteiger partial charge in [-0.3, -0.25) is 9.88 Å². The first-order valence-electron chi connectivity index (χ1n) is 11.3. The van der Waals surface area contributed by atoms with Gasteiger partial charge in [0.1, 0.15) is 12.1 Å². The fourth-order valence-electron chi connectivity index (χ4n) is 4.21. The van der Waals surface area contributed by atoms with Crippen molar-refractivity contribution in [2.24, 2.45) is 0 Å². The smallest absolute Gasteiger partial charge is 0.410 e. The number of aromatic nitrogens is 1. The predicted octanol–water partition coefficient (Wildman–Crippen LogP) is 4.66. The van der Waals surface area contributed by atoms with Gasteiger partial charge in [-0.05, 0) is 82.3 Å². The number of likely N-dealkylation sites (tertiary alicyclic amines) is 1. The van der Waals surface area contributed by atoms with E-state index in [-0.39, 0.29) is 18.2 Å². The lowest BCUT2D eigenvalue weighted by atomic mass is 9.98. The topological polar surface area (TPSA) is 68.7 Å². The molecule has 1 amide bonds. The maximum atomic E-state index is 12.6. The number of esters is 1. The van der Waals surface area contributed by atoms with Crippen LogP contribution >= 0.6 is 0 Å². The average Bonchev–Trinajstić information content (AvgIpc) is 2.77. The molecule has 1 unspecified atom stereocenters. The zero-order chi connectivity index (χ0) is 20.3. The van der Waals surface area contributed by atoms with Crippen LogP contribution in [0.15, 0.2) is 24.5 Å². The second-order valence-corrected chi connectivity index (χ2v) is 8.19. The Kier molecular flexibility index (Phi) is 8.78. The van der Waals surface area contributed by atoms with Gasteiger partial charge in [0.25, 0.3) is 0 Å².